The third-order valence-electron chi connectivity index (χ3n) is 13.7. The van der Waals surface area contributed by atoms with E-state index in [9.17, 15) is 34.5 Å². The molecule has 1 rings (SSSR count). The quantitative estimate of drug-likeness (QED) is 0.0228. The summed E-state index contributed by atoms with van der Waals surface area (Å²) in [5.74, 6) is -3.19. The molecule has 1 fully saturated rings. The molecule has 0 spiro atoms. The number of carbonyl (C=O) groups excluding carboxylic acids is 3. The molecule has 0 aromatic rings. The van der Waals surface area contributed by atoms with Gasteiger partial charge in [0.25, 0.3) is 0 Å². The van der Waals surface area contributed by atoms with Crippen LogP contribution in [0, 0.1) is 0 Å². The van der Waals surface area contributed by atoms with Crippen molar-refractivity contribution in [1.82, 2.24) is 0 Å². The molecule has 0 aliphatic carbocycles. The summed E-state index contributed by atoms with van der Waals surface area (Å²) in [4.78, 5) is 51.2. The molecule has 442 valence electrons. The molecule has 6 atom stereocenters. The maximum Gasteiger partial charge on any atom is 0.335 e. The number of hydrogen-bond acceptors (Lipinski definition) is 11. The van der Waals surface area contributed by atoms with Crippen LogP contribution >= 0.6 is 0 Å². The molecule has 0 aromatic carbocycles. The number of aliphatic hydroxyl groups excluding tert-OH is 2. The van der Waals surface area contributed by atoms with Gasteiger partial charge in [-0.05, 0) is 83.5 Å². The van der Waals surface area contributed by atoms with Gasteiger partial charge in [-0.2, -0.15) is 0 Å². The van der Waals surface area contributed by atoms with Crippen molar-refractivity contribution in [2.45, 2.75) is 302 Å². The van der Waals surface area contributed by atoms with Gasteiger partial charge in [-0.3, -0.25) is 14.4 Å². The lowest BCUT2D eigenvalue weighted by Gasteiger charge is -2.40. The Kier molecular flexibility index (Phi) is 48.8. The lowest BCUT2D eigenvalue weighted by Crippen LogP contribution is -2.61. The number of aliphatic carboxylic acids is 1. The minimum atomic E-state index is -1.91. The van der Waals surface area contributed by atoms with Crippen LogP contribution in [0.2, 0.25) is 0 Å². The number of unbranched alkanes of at least 4 members (excludes halogenated alkanes) is 26. The van der Waals surface area contributed by atoms with Gasteiger partial charge in [0.05, 0.1) is 6.61 Å². The molecule has 1 aliphatic rings. The van der Waals surface area contributed by atoms with E-state index in [1.165, 1.54) is 96.3 Å². The average molecular weight is 1080 g/mol. The molecule has 1 aliphatic heterocycles. The molecule has 3 N–H and O–H groups in total. The van der Waals surface area contributed by atoms with Crippen molar-refractivity contribution in [2.24, 2.45) is 0 Å². The maximum absolute atomic E-state index is 13.1. The molecule has 0 bridgehead atoms. The summed E-state index contributed by atoms with van der Waals surface area (Å²) in [5.41, 5.74) is 0. The van der Waals surface area contributed by atoms with E-state index in [1.807, 2.05) is 0 Å². The second-order valence-corrected chi connectivity index (χ2v) is 21.0. The highest BCUT2D eigenvalue weighted by molar-refractivity contribution is 5.74. The highest BCUT2D eigenvalue weighted by Crippen LogP contribution is 2.26. The number of carboxylic acid groups (broad SMARTS) is 1. The third-order valence-corrected chi connectivity index (χ3v) is 13.7. The Bertz CT molecular complexity index is 1620. The van der Waals surface area contributed by atoms with Gasteiger partial charge in [-0.25, -0.2) is 4.79 Å². The van der Waals surface area contributed by atoms with Crippen LogP contribution in [0.25, 0.3) is 0 Å². The van der Waals surface area contributed by atoms with E-state index in [1.54, 1.807) is 0 Å². The number of ether oxygens (including phenoxy) is 5. The molecule has 0 saturated carbocycles. The van der Waals surface area contributed by atoms with Gasteiger partial charge < -0.3 is 39.0 Å². The molecule has 1 saturated heterocycles. The number of carboxylic acids is 1. The highest BCUT2D eigenvalue weighted by atomic mass is 16.7. The second kappa shape index (κ2) is 52.8. The van der Waals surface area contributed by atoms with E-state index in [2.05, 4.69) is 93.7 Å². The number of allylic oxidation sites excluding steroid dienone is 12. The number of carbonyl (C=O) groups is 4. The van der Waals surface area contributed by atoms with Gasteiger partial charge in [-0.15, -0.1) is 0 Å². The summed E-state index contributed by atoms with van der Waals surface area (Å²) in [5, 5.41) is 31.5. The van der Waals surface area contributed by atoms with Crippen molar-refractivity contribution in [2.75, 3.05) is 13.2 Å². The molecule has 12 nitrogen and oxygen atoms in total. The van der Waals surface area contributed by atoms with Gasteiger partial charge in [0, 0.05) is 19.3 Å². The van der Waals surface area contributed by atoms with Crippen molar-refractivity contribution < 1.29 is 58.2 Å². The molecule has 6 unspecified atom stereocenters. The molecular weight excluding hydrogens is 973 g/mol. The predicted octanol–water partition coefficient (Wildman–Crippen LogP) is 16.1. The summed E-state index contributed by atoms with van der Waals surface area (Å²) < 4.78 is 28.4. The van der Waals surface area contributed by atoms with E-state index >= 15 is 0 Å². The Morgan fingerprint density at radius 1 is 0.442 bits per heavy atom. The maximum atomic E-state index is 13.1. The standard InChI is InChI=1S/C65H110O12/c1-4-7-10-13-16-19-22-25-27-28-29-30-32-34-36-39-42-45-48-51-57(66)73-54-56(75-58(67)52-49-46-43-40-38-35-31-26-23-20-17-14-11-8-5-2)55-74-65-63(61(70)60(69)62(77-65)64(71)72)76-59(68)53-50-47-44-41-37-33-24-21-18-15-12-9-6-3/h8,11-12,15,17,20-21,24,26,31,38,40,56,60-63,65,69-70H,4-7,9-10,13-14,16,18-19,22-23,25,27-30,32-37,39,41-55H2,1-3H3,(H,71,72)/b11-8-,15-12-,20-17-,24-21-,31-26-,40-38-. The molecule has 77 heavy (non-hydrogen) atoms. The average Bonchev–Trinajstić information content (AvgIpc) is 3.41. The van der Waals surface area contributed by atoms with Crippen molar-refractivity contribution in [3.63, 3.8) is 0 Å². The van der Waals surface area contributed by atoms with Crippen LogP contribution in [0.3, 0.4) is 0 Å². The SMILES string of the molecule is CC/C=C\C/C=C\C/C=C\C/C=C\CCCCC(=O)OC(COC(=O)CCCCCCCCCCCCCCCCCCCCC)COC1OC(C(=O)O)C(O)C(O)C1OC(=O)CCCCCCC/C=C\C/C=C\CCC. The van der Waals surface area contributed by atoms with E-state index in [0.717, 1.165) is 109 Å². The minimum Gasteiger partial charge on any atom is -0.479 e. The largest absolute Gasteiger partial charge is 0.479 e. The Labute approximate surface area is 468 Å². The Balaban J connectivity index is 2.68. The zero-order chi connectivity index (χ0) is 56.1. The summed E-state index contributed by atoms with van der Waals surface area (Å²) in [6, 6.07) is 0. The Morgan fingerprint density at radius 3 is 1.32 bits per heavy atom. The molecule has 0 amide bonds. The van der Waals surface area contributed by atoms with Crippen molar-refractivity contribution >= 4 is 23.9 Å². The fourth-order valence-corrected chi connectivity index (χ4v) is 9.04. The van der Waals surface area contributed by atoms with Crippen molar-refractivity contribution in [3.05, 3.63) is 72.9 Å². The normalized spacial score (nSPS) is 18.5. The number of hydrogen-bond donors (Lipinski definition) is 3. The summed E-state index contributed by atoms with van der Waals surface area (Å²) in [6.07, 6.45) is 54.5. The first-order valence-corrected chi connectivity index (χ1v) is 30.9. The highest BCUT2D eigenvalue weighted by Gasteiger charge is 2.50. The van der Waals surface area contributed by atoms with Gasteiger partial charge in [-0.1, -0.05) is 235 Å². The zero-order valence-electron chi connectivity index (χ0n) is 48.7. The van der Waals surface area contributed by atoms with Crippen LogP contribution in [0.15, 0.2) is 72.9 Å². The third kappa shape index (κ3) is 42.7. The van der Waals surface area contributed by atoms with Gasteiger partial charge in [0.1, 0.15) is 18.8 Å². The summed E-state index contributed by atoms with van der Waals surface area (Å²) in [6.45, 7) is 5.79. The Hall–Kier alpha value is -3.84. The summed E-state index contributed by atoms with van der Waals surface area (Å²) >= 11 is 0. The first-order chi connectivity index (χ1) is 37.6. The first-order valence-electron chi connectivity index (χ1n) is 30.9. The molecule has 0 radical (unpaired) electrons. The van der Waals surface area contributed by atoms with Crippen LogP contribution in [-0.4, -0.2) is 89.2 Å². The number of esters is 3. The van der Waals surface area contributed by atoms with Crippen LogP contribution in [0.4, 0.5) is 0 Å². The summed E-state index contributed by atoms with van der Waals surface area (Å²) in [7, 11) is 0. The van der Waals surface area contributed by atoms with Crippen molar-refractivity contribution in [3.8, 4) is 0 Å². The van der Waals surface area contributed by atoms with Crippen LogP contribution in [0.1, 0.15) is 265 Å². The second-order valence-electron chi connectivity index (χ2n) is 21.0. The zero-order valence-corrected chi connectivity index (χ0v) is 48.7. The van der Waals surface area contributed by atoms with Gasteiger partial charge >= 0.3 is 23.9 Å². The number of rotatable bonds is 52. The molecule has 0 aromatic heterocycles. The topological polar surface area (TPSA) is 175 Å². The van der Waals surface area contributed by atoms with Gasteiger partial charge in [0.2, 0.25) is 0 Å². The smallest absolute Gasteiger partial charge is 0.335 e. The van der Waals surface area contributed by atoms with Crippen LogP contribution in [0.5, 0.6) is 0 Å². The Morgan fingerprint density at radius 2 is 0.844 bits per heavy atom. The fourth-order valence-electron chi connectivity index (χ4n) is 9.04. The number of aliphatic hydroxyl groups is 2. The molecule has 1 heterocycles. The predicted molar refractivity (Wildman–Crippen MR) is 312 cm³/mol. The lowest BCUT2D eigenvalue weighted by atomic mass is 9.98. The van der Waals surface area contributed by atoms with Crippen LogP contribution in [-0.2, 0) is 42.9 Å². The monoisotopic (exact) mass is 1080 g/mol. The fraction of sp³-hybridized carbons (Fsp3) is 0.754. The lowest BCUT2D eigenvalue weighted by molar-refractivity contribution is -0.301. The van der Waals surface area contributed by atoms with E-state index in [4.69, 9.17) is 23.7 Å². The van der Waals surface area contributed by atoms with Crippen molar-refractivity contribution in [1.29, 1.82) is 0 Å². The van der Waals surface area contributed by atoms with E-state index in [0.29, 0.717) is 19.3 Å². The molecule has 12 heteroatoms. The molecular formula is C65H110O12. The van der Waals surface area contributed by atoms with E-state index in [-0.39, 0.29) is 25.9 Å². The first kappa shape index (κ1) is 71.2. The van der Waals surface area contributed by atoms with Gasteiger partial charge in [0.15, 0.2) is 24.6 Å². The van der Waals surface area contributed by atoms with E-state index < -0.39 is 67.3 Å². The minimum absolute atomic E-state index is 0.0381. The van der Waals surface area contributed by atoms with Crippen LogP contribution < -0.4 is 0 Å².